The number of hydrogen-bond donors (Lipinski definition) is 3. The molecule has 1 fully saturated rings. The van der Waals surface area contributed by atoms with Crippen molar-refractivity contribution < 1.29 is 18.8 Å². The quantitative estimate of drug-likeness (QED) is 0.760. The Kier molecular flexibility index (Phi) is 4.31. The summed E-state index contributed by atoms with van der Waals surface area (Å²) in [4.78, 5) is 34.9. The second kappa shape index (κ2) is 6.43. The van der Waals surface area contributed by atoms with Crippen LogP contribution in [0.1, 0.15) is 46.2 Å². The van der Waals surface area contributed by atoms with Gasteiger partial charge in [0, 0.05) is 19.0 Å². The number of furan rings is 1. The lowest BCUT2D eigenvalue weighted by molar-refractivity contribution is -0.120. The van der Waals surface area contributed by atoms with E-state index in [1.54, 1.807) is 0 Å². The van der Waals surface area contributed by atoms with Gasteiger partial charge in [0.15, 0.2) is 5.76 Å². The van der Waals surface area contributed by atoms with Crippen LogP contribution >= 0.6 is 0 Å². The Labute approximate surface area is 144 Å². The average molecular weight is 341 g/mol. The van der Waals surface area contributed by atoms with Crippen LogP contribution < -0.4 is 16.4 Å². The average Bonchev–Trinajstić information content (AvgIpc) is 3.03. The van der Waals surface area contributed by atoms with Gasteiger partial charge in [0.2, 0.25) is 5.91 Å². The van der Waals surface area contributed by atoms with E-state index in [-0.39, 0.29) is 23.3 Å². The first kappa shape index (κ1) is 16.8. The van der Waals surface area contributed by atoms with Crippen molar-refractivity contribution in [1.82, 2.24) is 10.6 Å². The molecule has 0 bridgehead atoms. The summed E-state index contributed by atoms with van der Waals surface area (Å²) in [6.07, 6.45) is 2.31. The Morgan fingerprint density at radius 3 is 2.44 bits per heavy atom. The molecule has 1 aromatic heterocycles. The standard InChI is InChI=1S/C18H19N3O4/c1-11(22)20-14-8-18(9-14,13-5-3-2-4-6-13)21-17(24)15-7-12(10-25-15)16(19)23/h2-7,10,14H,8-9H2,1H3,(H2,19,23)(H,20,22)(H,21,24). The number of benzene rings is 1. The highest BCUT2D eigenvalue weighted by Crippen LogP contribution is 2.41. The largest absolute Gasteiger partial charge is 0.458 e. The molecule has 0 saturated heterocycles. The third-order valence-electron chi connectivity index (χ3n) is 4.38. The van der Waals surface area contributed by atoms with Crippen molar-refractivity contribution in [2.75, 3.05) is 0 Å². The molecule has 1 aliphatic rings. The molecule has 130 valence electrons. The topological polar surface area (TPSA) is 114 Å². The lowest BCUT2D eigenvalue weighted by atomic mass is 9.68. The number of primary amides is 1. The van der Waals surface area contributed by atoms with E-state index < -0.39 is 17.4 Å². The first-order valence-corrected chi connectivity index (χ1v) is 7.93. The van der Waals surface area contributed by atoms with Crippen LogP contribution in [0, 0.1) is 0 Å². The van der Waals surface area contributed by atoms with Crippen LogP contribution in [0.3, 0.4) is 0 Å². The van der Waals surface area contributed by atoms with Gasteiger partial charge in [0.05, 0.1) is 11.1 Å². The predicted molar refractivity (Wildman–Crippen MR) is 89.7 cm³/mol. The van der Waals surface area contributed by atoms with Gasteiger partial charge < -0.3 is 20.8 Å². The molecule has 1 heterocycles. The van der Waals surface area contributed by atoms with Crippen molar-refractivity contribution >= 4 is 17.7 Å². The van der Waals surface area contributed by atoms with E-state index in [1.807, 2.05) is 30.3 Å². The Morgan fingerprint density at radius 1 is 1.20 bits per heavy atom. The van der Waals surface area contributed by atoms with Crippen molar-refractivity contribution in [3.63, 3.8) is 0 Å². The molecule has 1 aromatic carbocycles. The van der Waals surface area contributed by atoms with Gasteiger partial charge in [-0.25, -0.2) is 0 Å². The number of carbonyl (C=O) groups excluding carboxylic acids is 3. The zero-order valence-corrected chi connectivity index (χ0v) is 13.7. The fraction of sp³-hybridized carbons (Fsp3) is 0.278. The first-order valence-electron chi connectivity index (χ1n) is 7.93. The molecule has 0 atom stereocenters. The van der Waals surface area contributed by atoms with Gasteiger partial charge in [0.1, 0.15) is 6.26 Å². The number of nitrogens with two attached hydrogens (primary N) is 1. The fourth-order valence-corrected chi connectivity index (χ4v) is 3.20. The van der Waals surface area contributed by atoms with Crippen LogP contribution in [0.4, 0.5) is 0 Å². The van der Waals surface area contributed by atoms with Gasteiger partial charge in [0.25, 0.3) is 11.8 Å². The van der Waals surface area contributed by atoms with E-state index in [9.17, 15) is 14.4 Å². The van der Waals surface area contributed by atoms with Crippen molar-refractivity contribution in [2.45, 2.75) is 31.3 Å². The van der Waals surface area contributed by atoms with E-state index in [0.29, 0.717) is 12.8 Å². The van der Waals surface area contributed by atoms with E-state index in [2.05, 4.69) is 10.6 Å². The second-order valence-electron chi connectivity index (χ2n) is 6.27. The van der Waals surface area contributed by atoms with Crippen LogP contribution in [-0.2, 0) is 10.3 Å². The van der Waals surface area contributed by atoms with E-state index in [1.165, 1.54) is 13.0 Å². The summed E-state index contributed by atoms with van der Waals surface area (Å²) in [7, 11) is 0. The van der Waals surface area contributed by atoms with Crippen molar-refractivity contribution in [3.8, 4) is 0 Å². The lowest BCUT2D eigenvalue weighted by Crippen LogP contribution is -2.61. The molecule has 0 aliphatic heterocycles. The highest BCUT2D eigenvalue weighted by molar-refractivity contribution is 5.97. The number of hydrogen-bond acceptors (Lipinski definition) is 4. The molecular formula is C18H19N3O4. The normalized spacial score (nSPS) is 21.9. The smallest absolute Gasteiger partial charge is 0.287 e. The summed E-state index contributed by atoms with van der Waals surface area (Å²) in [5.41, 5.74) is 5.68. The van der Waals surface area contributed by atoms with Crippen molar-refractivity contribution in [2.24, 2.45) is 5.73 Å². The van der Waals surface area contributed by atoms with Crippen LogP contribution in [0.25, 0.3) is 0 Å². The summed E-state index contributed by atoms with van der Waals surface area (Å²) in [6.45, 7) is 1.47. The van der Waals surface area contributed by atoms with E-state index in [0.717, 1.165) is 11.8 Å². The molecule has 4 N–H and O–H groups in total. The summed E-state index contributed by atoms with van der Waals surface area (Å²) in [5, 5.41) is 5.84. The monoisotopic (exact) mass is 341 g/mol. The Balaban J connectivity index is 1.80. The summed E-state index contributed by atoms with van der Waals surface area (Å²) in [6, 6.07) is 10.9. The first-order chi connectivity index (χ1) is 11.9. The van der Waals surface area contributed by atoms with Crippen molar-refractivity contribution in [1.29, 1.82) is 0 Å². The van der Waals surface area contributed by atoms with Crippen LogP contribution in [-0.4, -0.2) is 23.8 Å². The Bertz CT molecular complexity index is 807. The van der Waals surface area contributed by atoms with Crippen molar-refractivity contribution in [3.05, 3.63) is 59.5 Å². The molecule has 2 aromatic rings. The minimum absolute atomic E-state index is 0.00390. The second-order valence-corrected chi connectivity index (χ2v) is 6.27. The highest BCUT2D eigenvalue weighted by Gasteiger charge is 2.47. The molecule has 7 nitrogen and oxygen atoms in total. The van der Waals surface area contributed by atoms with Gasteiger partial charge in [-0.15, -0.1) is 0 Å². The maximum atomic E-state index is 12.5. The zero-order chi connectivity index (χ0) is 18.0. The van der Waals surface area contributed by atoms with Gasteiger partial charge in [-0.2, -0.15) is 0 Å². The summed E-state index contributed by atoms with van der Waals surface area (Å²) in [5.74, 6) is -1.17. The van der Waals surface area contributed by atoms with Crippen LogP contribution in [0.15, 0.2) is 47.1 Å². The third-order valence-corrected chi connectivity index (χ3v) is 4.38. The Hall–Kier alpha value is -3.09. The van der Waals surface area contributed by atoms with E-state index in [4.69, 9.17) is 10.2 Å². The molecule has 3 rings (SSSR count). The number of rotatable bonds is 5. The van der Waals surface area contributed by atoms with Crippen LogP contribution in [0.2, 0.25) is 0 Å². The zero-order valence-electron chi connectivity index (χ0n) is 13.7. The minimum atomic E-state index is -0.657. The SMILES string of the molecule is CC(=O)NC1CC(NC(=O)c2cc(C(N)=O)co2)(c2ccccc2)C1. The Morgan fingerprint density at radius 2 is 1.88 bits per heavy atom. The lowest BCUT2D eigenvalue weighted by Gasteiger charge is -2.48. The van der Waals surface area contributed by atoms with Crippen LogP contribution in [0.5, 0.6) is 0 Å². The molecule has 0 spiro atoms. The number of amides is 3. The number of carbonyl (C=O) groups is 3. The molecule has 3 amide bonds. The van der Waals surface area contributed by atoms with Gasteiger partial charge in [-0.1, -0.05) is 30.3 Å². The van der Waals surface area contributed by atoms with Gasteiger partial charge in [-0.05, 0) is 18.4 Å². The van der Waals surface area contributed by atoms with Gasteiger partial charge >= 0.3 is 0 Å². The molecule has 1 saturated carbocycles. The maximum Gasteiger partial charge on any atom is 0.287 e. The fourth-order valence-electron chi connectivity index (χ4n) is 3.20. The molecule has 7 heteroatoms. The molecule has 0 radical (unpaired) electrons. The van der Waals surface area contributed by atoms with Gasteiger partial charge in [-0.3, -0.25) is 14.4 Å². The molecule has 1 aliphatic carbocycles. The molecule has 0 unspecified atom stereocenters. The molecule has 25 heavy (non-hydrogen) atoms. The van der Waals surface area contributed by atoms with E-state index >= 15 is 0 Å². The predicted octanol–water partition coefficient (Wildman–Crippen LogP) is 1.30. The summed E-state index contributed by atoms with van der Waals surface area (Å²) >= 11 is 0. The molecular weight excluding hydrogens is 322 g/mol. The highest BCUT2D eigenvalue weighted by atomic mass is 16.3. The third kappa shape index (κ3) is 3.40. The minimum Gasteiger partial charge on any atom is -0.458 e. The number of nitrogens with one attached hydrogen (secondary N) is 2. The maximum absolute atomic E-state index is 12.5. The summed E-state index contributed by atoms with van der Waals surface area (Å²) < 4.78 is 5.15.